The highest BCUT2D eigenvalue weighted by Crippen LogP contribution is 2.24. The van der Waals surface area contributed by atoms with Crippen LogP contribution in [0.4, 0.5) is 0 Å². The summed E-state index contributed by atoms with van der Waals surface area (Å²) in [4.78, 5) is 20.7. The van der Waals surface area contributed by atoms with E-state index < -0.39 is 11.9 Å². The van der Waals surface area contributed by atoms with Crippen LogP contribution in [0.25, 0.3) is 0 Å². The summed E-state index contributed by atoms with van der Waals surface area (Å²) in [5, 5.41) is 18.4. The van der Waals surface area contributed by atoms with Crippen molar-refractivity contribution in [2.75, 3.05) is 0 Å². The van der Waals surface area contributed by atoms with Gasteiger partial charge < -0.3 is 14.9 Å². The molecule has 0 saturated carbocycles. The van der Waals surface area contributed by atoms with Gasteiger partial charge in [0.1, 0.15) is 0 Å². The van der Waals surface area contributed by atoms with Gasteiger partial charge in [-0.3, -0.25) is 0 Å². The van der Waals surface area contributed by atoms with Crippen LogP contribution >= 0.6 is 11.3 Å². The van der Waals surface area contributed by atoms with Crippen LogP contribution < -0.4 is 4.74 Å². The first-order chi connectivity index (χ1) is 6.61. The maximum absolute atomic E-state index is 10.6. The van der Waals surface area contributed by atoms with Crippen molar-refractivity contribution < 1.29 is 24.5 Å². The van der Waals surface area contributed by atoms with Gasteiger partial charge >= 0.3 is 11.9 Å². The van der Waals surface area contributed by atoms with Crippen molar-refractivity contribution in [3.8, 4) is 5.75 Å². The Kier molecular flexibility index (Phi) is 3.24. The van der Waals surface area contributed by atoms with Crippen LogP contribution in [-0.4, -0.2) is 22.2 Å². The van der Waals surface area contributed by atoms with Crippen molar-refractivity contribution in [2.24, 2.45) is 0 Å². The van der Waals surface area contributed by atoms with Crippen molar-refractivity contribution in [1.29, 1.82) is 0 Å². The number of rotatable bonds is 4. The Balaban J connectivity index is 2.72. The Morgan fingerprint density at radius 3 is 2.71 bits per heavy atom. The lowest BCUT2D eigenvalue weighted by Gasteiger charge is -1.96. The van der Waals surface area contributed by atoms with Gasteiger partial charge in [0, 0.05) is 0 Å². The average Bonchev–Trinajstić information content (AvgIpc) is 2.51. The van der Waals surface area contributed by atoms with Gasteiger partial charge in [-0.1, -0.05) is 0 Å². The zero-order chi connectivity index (χ0) is 10.6. The number of carboxylic acids is 2. The first kappa shape index (κ1) is 10.3. The SMILES string of the molecule is O=C(O)/C=C/Oc1ccsc1C(=O)O. The van der Waals surface area contributed by atoms with E-state index in [1.165, 1.54) is 6.07 Å². The summed E-state index contributed by atoms with van der Waals surface area (Å²) >= 11 is 1.01. The Morgan fingerprint density at radius 2 is 2.14 bits per heavy atom. The lowest BCUT2D eigenvalue weighted by Crippen LogP contribution is -1.95. The molecule has 5 nitrogen and oxygen atoms in total. The molecule has 0 aliphatic rings. The topological polar surface area (TPSA) is 83.8 Å². The van der Waals surface area contributed by atoms with Gasteiger partial charge in [0.15, 0.2) is 10.6 Å². The molecule has 14 heavy (non-hydrogen) atoms. The van der Waals surface area contributed by atoms with Gasteiger partial charge in [-0.25, -0.2) is 9.59 Å². The van der Waals surface area contributed by atoms with Gasteiger partial charge in [0.05, 0.1) is 12.3 Å². The molecule has 2 N–H and O–H groups in total. The summed E-state index contributed by atoms with van der Waals surface area (Å²) in [7, 11) is 0. The highest BCUT2D eigenvalue weighted by atomic mass is 32.1. The third-order valence-electron chi connectivity index (χ3n) is 1.23. The molecule has 0 fully saturated rings. The van der Waals surface area contributed by atoms with E-state index in [2.05, 4.69) is 0 Å². The Labute approximate surface area is 82.9 Å². The van der Waals surface area contributed by atoms with Crippen molar-refractivity contribution in [3.63, 3.8) is 0 Å². The minimum absolute atomic E-state index is 0.0417. The smallest absolute Gasteiger partial charge is 0.349 e. The molecular weight excluding hydrogens is 208 g/mol. The van der Waals surface area contributed by atoms with Gasteiger partial charge in [0.2, 0.25) is 0 Å². The van der Waals surface area contributed by atoms with Crippen LogP contribution in [0, 0.1) is 0 Å². The van der Waals surface area contributed by atoms with E-state index in [0.29, 0.717) is 0 Å². The van der Waals surface area contributed by atoms with Crippen molar-refractivity contribution in [2.45, 2.75) is 0 Å². The first-order valence-electron chi connectivity index (χ1n) is 3.48. The number of ether oxygens (including phenoxy) is 1. The fraction of sp³-hybridized carbons (Fsp3) is 0. The van der Waals surface area contributed by atoms with Gasteiger partial charge in [-0.2, -0.15) is 0 Å². The standard InChI is InChI=1S/C8H6O5S/c9-6(10)1-3-13-5-2-4-14-7(5)8(11)12/h1-4H,(H,9,10)(H,11,12)/b3-1+. The second kappa shape index (κ2) is 4.43. The summed E-state index contributed by atoms with van der Waals surface area (Å²) in [5.41, 5.74) is 0. The number of aromatic carboxylic acids is 1. The maximum Gasteiger partial charge on any atom is 0.349 e. The highest BCUT2D eigenvalue weighted by molar-refractivity contribution is 7.12. The second-order valence-electron chi connectivity index (χ2n) is 2.18. The summed E-state index contributed by atoms with van der Waals surface area (Å²) < 4.78 is 4.82. The lowest BCUT2D eigenvalue weighted by atomic mass is 10.4. The predicted molar refractivity (Wildman–Crippen MR) is 48.7 cm³/mol. The molecular formula is C8H6O5S. The molecule has 0 aliphatic carbocycles. The fourth-order valence-corrected chi connectivity index (χ4v) is 1.37. The minimum atomic E-state index is -1.16. The molecule has 0 bridgehead atoms. The van der Waals surface area contributed by atoms with E-state index in [4.69, 9.17) is 14.9 Å². The van der Waals surface area contributed by atoms with Crippen molar-refractivity contribution in [3.05, 3.63) is 28.7 Å². The summed E-state index contributed by atoms with van der Waals surface area (Å²) in [6.45, 7) is 0. The zero-order valence-electron chi connectivity index (χ0n) is 6.84. The van der Waals surface area contributed by atoms with Gasteiger partial charge in [-0.05, 0) is 11.4 Å². The van der Waals surface area contributed by atoms with Crippen molar-refractivity contribution in [1.82, 2.24) is 0 Å². The molecule has 1 rings (SSSR count). The molecule has 0 amide bonds. The maximum atomic E-state index is 10.6. The summed E-state index contributed by atoms with van der Waals surface area (Å²) in [6.07, 6.45) is 1.71. The lowest BCUT2D eigenvalue weighted by molar-refractivity contribution is -0.131. The molecule has 0 radical (unpaired) electrons. The molecule has 1 aromatic rings. The molecule has 0 atom stereocenters. The largest absolute Gasteiger partial charge is 0.478 e. The Bertz CT molecular complexity index is 379. The number of aliphatic carboxylic acids is 1. The molecule has 1 aromatic heterocycles. The third kappa shape index (κ3) is 2.60. The third-order valence-corrected chi connectivity index (χ3v) is 2.11. The van der Waals surface area contributed by atoms with E-state index in [-0.39, 0.29) is 10.6 Å². The van der Waals surface area contributed by atoms with E-state index in [1.54, 1.807) is 5.38 Å². The molecule has 0 spiro atoms. The van der Waals surface area contributed by atoms with E-state index in [0.717, 1.165) is 23.7 Å². The number of carbonyl (C=O) groups is 2. The van der Waals surface area contributed by atoms with Crippen LogP contribution in [0.1, 0.15) is 9.67 Å². The number of hydrogen-bond donors (Lipinski definition) is 2. The van der Waals surface area contributed by atoms with Crippen molar-refractivity contribution >= 4 is 23.3 Å². The molecule has 1 heterocycles. The molecule has 0 saturated heterocycles. The quantitative estimate of drug-likeness (QED) is 0.585. The molecule has 74 valence electrons. The predicted octanol–water partition coefficient (Wildman–Crippen LogP) is 1.42. The van der Waals surface area contributed by atoms with Gasteiger partial charge in [-0.15, -0.1) is 11.3 Å². The van der Waals surface area contributed by atoms with Crippen LogP contribution in [0.5, 0.6) is 5.75 Å². The summed E-state index contributed by atoms with van der Waals surface area (Å²) in [5.74, 6) is -2.11. The second-order valence-corrected chi connectivity index (χ2v) is 3.09. The summed E-state index contributed by atoms with van der Waals surface area (Å²) in [6, 6.07) is 1.46. The average molecular weight is 214 g/mol. The van der Waals surface area contributed by atoms with Crippen LogP contribution in [0.15, 0.2) is 23.8 Å². The van der Waals surface area contributed by atoms with E-state index >= 15 is 0 Å². The number of thiophene rings is 1. The Morgan fingerprint density at radius 1 is 1.43 bits per heavy atom. The minimum Gasteiger partial charge on any atom is -0.478 e. The first-order valence-corrected chi connectivity index (χ1v) is 4.36. The molecule has 6 heteroatoms. The van der Waals surface area contributed by atoms with E-state index in [1.807, 2.05) is 0 Å². The molecule has 0 aromatic carbocycles. The Hall–Kier alpha value is -1.82. The van der Waals surface area contributed by atoms with Gasteiger partial charge in [0.25, 0.3) is 0 Å². The molecule has 0 aliphatic heterocycles. The normalized spacial score (nSPS) is 10.3. The molecule has 0 unspecified atom stereocenters. The number of hydrogen-bond acceptors (Lipinski definition) is 4. The fourth-order valence-electron chi connectivity index (χ4n) is 0.712. The number of carboxylic acid groups (broad SMARTS) is 2. The van der Waals surface area contributed by atoms with Crippen LogP contribution in [0.3, 0.4) is 0 Å². The van der Waals surface area contributed by atoms with E-state index in [9.17, 15) is 9.59 Å². The zero-order valence-corrected chi connectivity index (χ0v) is 7.65. The van der Waals surface area contributed by atoms with Crippen LogP contribution in [0.2, 0.25) is 0 Å². The monoisotopic (exact) mass is 214 g/mol. The highest BCUT2D eigenvalue weighted by Gasteiger charge is 2.11. The van der Waals surface area contributed by atoms with Crippen LogP contribution in [-0.2, 0) is 4.79 Å².